The Morgan fingerprint density at radius 3 is 2.68 bits per heavy atom. The third-order valence-electron chi connectivity index (χ3n) is 4.43. The van der Waals surface area contributed by atoms with Gasteiger partial charge in [0.15, 0.2) is 10.9 Å². The topological polar surface area (TPSA) is 80.5 Å². The molecule has 1 N–H and O–H groups in total. The Hall–Kier alpha value is -3.60. The Labute approximate surface area is 178 Å². The number of thiazole rings is 1. The molecular weight excluding hydrogens is 433 g/mol. The van der Waals surface area contributed by atoms with Crippen LogP contribution in [0, 0.1) is 0 Å². The number of aryl methyl sites for hydroxylation is 1. The van der Waals surface area contributed by atoms with Crippen molar-refractivity contribution in [3.8, 4) is 5.75 Å². The van der Waals surface area contributed by atoms with Crippen LogP contribution in [0.15, 0.2) is 54.0 Å². The molecule has 0 aliphatic rings. The molecule has 4 aromatic rings. The van der Waals surface area contributed by atoms with Gasteiger partial charge in [-0.15, -0.1) is 24.5 Å². The molecule has 11 heteroatoms. The van der Waals surface area contributed by atoms with Crippen molar-refractivity contribution < 1.29 is 27.8 Å². The summed E-state index contributed by atoms with van der Waals surface area (Å²) in [6, 6.07) is 10.2. The zero-order valence-electron chi connectivity index (χ0n) is 16.0. The number of rotatable bonds is 6. The normalized spacial score (nSPS) is 11.6. The quantitative estimate of drug-likeness (QED) is 0.415. The lowest BCUT2D eigenvalue weighted by Crippen LogP contribution is -2.21. The first-order valence-corrected chi connectivity index (χ1v) is 9.94. The zero-order valence-corrected chi connectivity index (χ0v) is 16.8. The fourth-order valence-corrected chi connectivity index (χ4v) is 3.86. The number of carbonyl (C=O) groups is 1. The molecule has 2 aromatic heterocycles. The monoisotopic (exact) mass is 448 g/mol. The number of para-hydroxylation sites is 2. The molecule has 0 aliphatic heterocycles. The highest BCUT2D eigenvalue weighted by atomic mass is 32.1. The van der Waals surface area contributed by atoms with Gasteiger partial charge in [-0.1, -0.05) is 12.1 Å². The smallest absolute Gasteiger partial charge is 0.478 e. The number of anilines is 3. The Morgan fingerprint density at radius 2 is 2.03 bits per heavy atom. The lowest BCUT2D eigenvalue weighted by atomic mass is 10.2. The minimum absolute atomic E-state index is 0.0569. The molecule has 0 unspecified atom stereocenters. The van der Waals surface area contributed by atoms with Crippen molar-refractivity contribution in [2.24, 2.45) is 0 Å². The van der Waals surface area contributed by atoms with Gasteiger partial charge in [-0.3, -0.25) is 4.90 Å². The molecule has 0 aliphatic carbocycles. The molecule has 7 nitrogen and oxygen atoms in total. The second kappa shape index (κ2) is 7.91. The van der Waals surface area contributed by atoms with Crippen molar-refractivity contribution in [1.29, 1.82) is 0 Å². The van der Waals surface area contributed by atoms with Gasteiger partial charge in [-0.2, -0.15) is 0 Å². The summed E-state index contributed by atoms with van der Waals surface area (Å²) < 4.78 is 45.1. The maximum atomic E-state index is 13.0. The molecule has 0 saturated carbocycles. The highest BCUT2D eigenvalue weighted by Gasteiger charge is 2.34. The first-order valence-electron chi connectivity index (χ1n) is 9.06. The van der Waals surface area contributed by atoms with Gasteiger partial charge in [-0.25, -0.2) is 14.8 Å². The predicted molar refractivity (Wildman–Crippen MR) is 109 cm³/mol. The van der Waals surface area contributed by atoms with Crippen LogP contribution < -0.4 is 9.64 Å². The number of ether oxygens (including phenoxy) is 1. The third kappa shape index (κ3) is 4.04. The van der Waals surface area contributed by atoms with E-state index in [2.05, 4.69) is 14.7 Å². The van der Waals surface area contributed by atoms with E-state index in [9.17, 15) is 23.1 Å². The Bertz CT molecular complexity index is 1240. The molecule has 0 atom stereocenters. The van der Waals surface area contributed by atoms with E-state index in [1.165, 1.54) is 52.8 Å². The Morgan fingerprint density at radius 1 is 1.26 bits per heavy atom. The summed E-state index contributed by atoms with van der Waals surface area (Å²) in [6.07, 6.45) is -3.35. The van der Waals surface area contributed by atoms with E-state index in [0.29, 0.717) is 22.7 Å². The maximum Gasteiger partial charge on any atom is 0.573 e. The van der Waals surface area contributed by atoms with E-state index in [1.807, 2.05) is 6.92 Å². The van der Waals surface area contributed by atoms with Gasteiger partial charge >= 0.3 is 12.3 Å². The van der Waals surface area contributed by atoms with Crippen molar-refractivity contribution >= 4 is 45.1 Å². The number of hydrogen-bond acceptors (Lipinski definition) is 6. The first-order chi connectivity index (χ1) is 14.8. The average molecular weight is 448 g/mol. The number of carboxylic acid groups (broad SMARTS) is 1. The molecule has 0 saturated heterocycles. The van der Waals surface area contributed by atoms with Crippen molar-refractivity contribution in [1.82, 2.24) is 14.5 Å². The Kier molecular flexibility index (Phi) is 5.27. The molecule has 2 aromatic carbocycles. The second-order valence-electron chi connectivity index (χ2n) is 6.33. The van der Waals surface area contributed by atoms with Crippen LogP contribution in [0.3, 0.4) is 0 Å². The molecule has 0 amide bonds. The van der Waals surface area contributed by atoms with E-state index < -0.39 is 18.1 Å². The molecule has 0 bridgehead atoms. The number of hydrogen-bond donors (Lipinski definition) is 1. The van der Waals surface area contributed by atoms with E-state index in [0.717, 1.165) is 0 Å². The molecule has 2 heterocycles. The van der Waals surface area contributed by atoms with Crippen LogP contribution in [0.1, 0.15) is 17.3 Å². The van der Waals surface area contributed by atoms with E-state index in [1.54, 1.807) is 22.1 Å². The van der Waals surface area contributed by atoms with E-state index in [-0.39, 0.29) is 17.2 Å². The molecule has 0 spiro atoms. The van der Waals surface area contributed by atoms with Crippen molar-refractivity contribution in [2.75, 3.05) is 4.90 Å². The summed E-state index contributed by atoms with van der Waals surface area (Å²) >= 11 is 1.22. The number of nitrogens with zero attached hydrogens (tertiary/aromatic N) is 4. The lowest BCUT2D eigenvalue weighted by Gasteiger charge is -2.24. The van der Waals surface area contributed by atoms with Crippen LogP contribution in [0.25, 0.3) is 11.0 Å². The van der Waals surface area contributed by atoms with Gasteiger partial charge in [0.25, 0.3) is 0 Å². The van der Waals surface area contributed by atoms with Gasteiger partial charge < -0.3 is 14.4 Å². The standard InChI is InChI=1S/C20H15F3N4O3S/c1-2-26-14-8-7-12(17(28)29)11-13(14)25-18(26)27(19-24-9-10-31-19)15-5-3-4-6-16(15)30-20(21,22)23/h3-11H,2H2,1H3,(H,28,29). The van der Waals surface area contributed by atoms with Crippen LogP contribution in [-0.4, -0.2) is 32.0 Å². The minimum Gasteiger partial charge on any atom is -0.478 e. The summed E-state index contributed by atoms with van der Waals surface area (Å²) in [5, 5.41) is 11.4. The zero-order chi connectivity index (χ0) is 22.2. The number of aromatic carboxylic acids is 1. The number of halogens is 3. The SMILES string of the molecule is CCn1c(N(c2nccs2)c2ccccc2OC(F)(F)F)nc2cc(C(=O)O)ccc21. The van der Waals surface area contributed by atoms with Gasteiger partial charge in [0, 0.05) is 18.1 Å². The highest BCUT2D eigenvalue weighted by molar-refractivity contribution is 7.13. The van der Waals surface area contributed by atoms with Gasteiger partial charge in [0.1, 0.15) is 0 Å². The fraction of sp³-hybridized carbons (Fsp3) is 0.150. The molecular formula is C20H15F3N4O3S. The maximum absolute atomic E-state index is 13.0. The summed E-state index contributed by atoms with van der Waals surface area (Å²) in [7, 11) is 0. The Balaban J connectivity index is 1.96. The highest BCUT2D eigenvalue weighted by Crippen LogP contribution is 2.42. The van der Waals surface area contributed by atoms with Crippen LogP contribution >= 0.6 is 11.3 Å². The molecule has 0 fully saturated rings. The fourth-order valence-electron chi connectivity index (χ4n) is 3.21. The van der Waals surface area contributed by atoms with Gasteiger partial charge in [-0.05, 0) is 37.3 Å². The summed E-state index contributed by atoms with van der Waals surface area (Å²) in [5.41, 5.74) is 1.19. The van der Waals surface area contributed by atoms with E-state index in [4.69, 9.17) is 0 Å². The van der Waals surface area contributed by atoms with Crippen LogP contribution in [0.4, 0.5) is 29.9 Å². The largest absolute Gasteiger partial charge is 0.573 e. The molecule has 31 heavy (non-hydrogen) atoms. The van der Waals surface area contributed by atoms with Crippen LogP contribution in [0.2, 0.25) is 0 Å². The third-order valence-corrected chi connectivity index (χ3v) is 5.19. The van der Waals surface area contributed by atoms with Crippen LogP contribution in [0.5, 0.6) is 5.75 Å². The first kappa shape index (κ1) is 20.7. The molecule has 0 radical (unpaired) electrons. The number of benzene rings is 2. The van der Waals surface area contributed by atoms with E-state index >= 15 is 0 Å². The number of imidazole rings is 1. The number of fused-ring (bicyclic) bond motifs is 1. The van der Waals surface area contributed by atoms with Crippen molar-refractivity contribution in [2.45, 2.75) is 19.8 Å². The summed E-state index contributed by atoms with van der Waals surface area (Å²) in [5.74, 6) is -1.23. The minimum atomic E-state index is -4.88. The average Bonchev–Trinajstić information content (AvgIpc) is 3.35. The molecule has 160 valence electrons. The number of alkyl halides is 3. The lowest BCUT2D eigenvalue weighted by molar-refractivity contribution is -0.274. The predicted octanol–water partition coefficient (Wildman–Crippen LogP) is 5.58. The van der Waals surface area contributed by atoms with Crippen molar-refractivity contribution in [3.63, 3.8) is 0 Å². The molecule has 4 rings (SSSR count). The summed E-state index contributed by atoms with van der Waals surface area (Å²) in [4.78, 5) is 21.6. The van der Waals surface area contributed by atoms with Gasteiger partial charge in [0.2, 0.25) is 5.95 Å². The summed E-state index contributed by atoms with van der Waals surface area (Å²) in [6.45, 7) is 2.29. The number of carboxylic acids is 1. The van der Waals surface area contributed by atoms with Crippen molar-refractivity contribution in [3.05, 3.63) is 59.6 Å². The van der Waals surface area contributed by atoms with Crippen LogP contribution in [-0.2, 0) is 6.54 Å². The second-order valence-corrected chi connectivity index (χ2v) is 7.20. The number of aromatic nitrogens is 3. The van der Waals surface area contributed by atoms with Gasteiger partial charge in [0.05, 0.1) is 22.3 Å².